The molecule has 0 radical (unpaired) electrons. The third kappa shape index (κ3) is 9.10. The standard InChI is InChI=1S/C31H45NO6/c1-3-4-5-6-7-8-9-10-11-12-13-16-23-36-28-20-19-27(38-28)30(33)37-24(2)29-26-18-15-14-17-25(26)21-22-32(29)31(34)35/h14-15,17-20,24,29H,3-13,16,21-23H2,1-2H3,(H,34,35). The van der Waals surface area contributed by atoms with Crippen molar-refractivity contribution in [2.45, 2.75) is 109 Å². The van der Waals surface area contributed by atoms with Crippen molar-refractivity contribution in [3.8, 4) is 5.95 Å². The Morgan fingerprint density at radius 3 is 2.24 bits per heavy atom. The molecule has 0 saturated heterocycles. The van der Waals surface area contributed by atoms with Crippen LogP contribution in [0.25, 0.3) is 0 Å². The number of carboxylic acid groups (broad SMARTS) is 1. The molecule has 0 spiro atoms. The lowest BCUT2D eigenvalue weighted by Crippen LogP contribution is -2.44. The SMILES string of the molecule is CCCCCCCCCCCCCCOc1ccc(C(=O)OC(C)C2c3ccccc3CCN2C(=O)O)o1. The number of hydrogen-bond acceptors (Lipinski definition) is 5. The largest absolute Gasteiger partial charge is 0.465 e. The molecule has 210 valence electrons. The summed E-state index contributed by atoms with van der Waals surface area (Å²) < 4.78 is 16.9. The van der Waals surface area contributed by atoms with Crippen LogP contribution in [0.3, 0.4) is 0 Å². The number of unbranched alkanes of at least 4 members (excludes halogenated alkanes) is 11. The summed E-state index contributed by atoms with van der Waals surface area (Å²) in [5.41, 5.74) is 1.94. The fourth-order valence-electron chi connectivity index (χ4n) is 5.23. The summed E-state index contributed by atoms with van der Waals surface area (Å²) in [5, 5.41) is 9.71. The second-order valence-electron chi connectivity index (χ2n) is 10.3. The predicted octanol–water partition coefficient (Wildman–Crippen LogP) is 8.18. The molecule has 38 heavy (non-hydrogen) atoms. The highest BCUT2D eigenvalue weighted by Gasteiger charge is 2.36. The van der Waals surface area contributed by atoms with Gasteiger partial charge in [-0.1, -0.05) is 102 Å². The summed E-state index contributed by atoms with van der Waals surface area (Å²) in [5.74, 6) is -0.290. The molecule has 2 heterocycles. The first-order chi connectivity index (χ1) is 18.5. The minimum Gasteiger partial charge on any atom is -0.465 e. The van der Waals surface area contributed by atoms with Crippen molar-refractivity contribution < 1.29 is 28.6 Å². The van der Waals surface area contributed by atoms with Crippen LogP contribution in [0.15, 0.2) is 40.8 Å². The molecule has 0 fully saturated rings. The Hall–Kier alpha value is -2.96. The third-order valence-electron chi connectivity index (χ3n) is 7.34. The minimum absolute atomic E-state index is 0.0486. The Bertz CT molecular complexity index is 986. The number of furan rings is 1. The van der Waals surface area contributed by atoms with E-state index in [4.69, 9.17) is 13.9 Å². The zero-order valence-corrected chi connectivity index (χ0v) is 23.2. The maximum absolute atomic E-state index is 12.8. The number of nitrogens with zero attached hydrogens (tertiary/aromatic N) is 1. The fraction of sp³-hybridized carbons (Fsp3) is 0.613. The van der Waals surface area contributed by atoms with Crippen LogP contribution < -0.4 is 4.74 Å². The van der Waals surface area contributed by atoms with Crippen LogP contribution in [0, 0.1) is 0 Å². The summed E-state index contributed by atoms with van der Waals surface area (Å²) >= 11 is 0. The highest BCUT2D eigenvalue weighted by molar-refractivity contribution is 5.86. The van der Waals surface area contributed by atoms with Crippen molar-refractivity contribution in [2.75, 3.05) is 13.2 Å². The third-order valence-corrected chi connectivity index (χ3v) is 7.34. The first kappa shape index (κ1) is 29.6. The van der Waals surface area contributed by atoms with Crippen LogP contribution in [-0.2, 0) is 11.2 Å². The molecule has 1 aliphatic heterocycles. The van der Waals surface area contributed by atoms with E-state index in [0.717, 1.165) is 24.0 Å². The summed E-state index contributed by atoms with van der Waals surface area (Å²) in [4.78, 5) is 25.9. The molecule has 0 saturated carbocycles. The van der Waals surface area contributed by atoms with Crippen molar-refractivity contribution in [3.63, 3.8) is 0 Å². The van der Waals surface area contributed by atoms with Crippen LogP contribution in [0.4, 0.5) is 4.79 Å². The zero-order valence-electron chi connectivity index (χ0n) is 23.2. The molecule has 0 bridgehead atoms. The van der Waals surface area contributed by atoms with Crippen LogP contribution in [0.5, 0.6) is 5.95 Å². The Morgan fingerprint density at radius 1 is 0.947 bits per heavy atom. The van der Waals surface area contributed by atoms with E-state index in [1.165, 1.54) is 75.2 Å². The van der Waals surface area contributed by atoms with Gasteiger partial charge in [-0.3, -0.25) is 4.90 Å². The van der Waals surface area contributed by atoms with Crippen molar-refractivity contribution in [1.29, 1.82) is 0 Å². The summed E-state index contributed by atoms with van der Waals surface area (Å²) in [7, 11) is 0. The van der Waals surface area contributed by atoms with Gasteiger partial charge in [0.15, 0.2) is 0 Å². The van der Waals surface area contributed by atoms with E-state index in [0.29, 0.717) is 25.5 Å². The Kier molecular flexibility index (Phi) is 12.5. The number of amides is 1. The van der Waals surface area contributed by atoms with E-state index in [-0.39, 0.29) is 5.76 Å². The number of fused-ring (bicyclic) bond motifs is 1. The van der Waals surface area contributed by atoms with Gasteiger partial charge in [-0.05, 0) is 37.0 Å². The molecular formula is C31H45NO6. The van der Waals surface area contributed by atoms with E-state index < -0.39 is 24.2 Å². The molecule has 1 aromatic heterocycles. The fourth-order valence-corrected chi connectivity index (χ4v) is 5.23. The molecule has 7 heteroatoms. The van der Waals surface area contributed by atoms with Gasteiger partial charge in [0.1, 0.15) is 6.10 Å². The molecule has 2 aromatic rings. The van der Waals surface area contributed by atoms with Crippen LogP contribution in [0.2, 0.25) is 0 Å². The summed E-state index contributed by atoms with van der Waals surface area (Å²) in [6, 6.07) is 10.3. The van der Waals surface area contributed by atoms with Gasteiger partial charge >= 0.3 is 12.1 Å². The van der Waals surface area contributed by atoms with Gasteiger partial charge in [-0.15, -0.1) is 0 Å². The maximum atomic E-state index is 12.8. The predicted molar refractivity (Wildman–Crippen MR) is 148 cm³/mol. The lowest BCUT2D eigenvalue weighted by Gasteiger charge is -2.38. The monoisotopic (exact) mass is 527 g/mol. The Balaban J connectivity index is 1.35. The van der Waals surface area contributed by atoms with Crippen molar-refractivity contribution in [3.05, 3.63) is 53.3 Å². The van der Waals surface area contributed by atoms with Crippen molar-refractivity contribution >= 4 is 12.1 Å². The lowest BCUT2D eigenvalue weighted by atomic mass is 9.90. The topological polar surface area (TPSA) is 89.2 Å². The molecule has 1 aromatic carbocycles. The van der Waals surface area contributed by atoms with Gasteiger partial charge in [-0.2, -0.15) is 0 Å². The van der Waals surface area contributed by atoms with Crippen molar-refractivity contribution in [2.24, 2.45) is 0 Å². The first-order valence-electron chi connectivity index (χ1n) is 14.5. The molecule has 0 aliphatic carbocycles. The molecule has 7 nitrogen and oxygen atoms in total. The second kappa shape index (κ2) is 16.1. The smallest absolute Gasteiger partial charge is 0.407 e. The Labute approximate surface area is 227 Å². The van der Waals surface area contributed by atoms with E-state index in [1.54, 1.807) is 13.0 Å². The molecule has 2 unspecified atom stereocenters. The van der Waals surface area contributed by atoms with E-state index >= 15 is 0 Å². The number of benzene rings is 1. The average molecular weight is 528 g/mol. The molecule has 2 atom stereocenters. The lowest BCUT2D eigenvalue weighted by molar-refractivity contribution is 0.000510. The van der Waals surface area contributed by atoms with Gasteiger partial charge < -0.3 is 19.0 Å². The van der Waals surface area contributed by atoms with E-state index in [2.05, 4.69) is 6.92 Å². The van der Waals surface area contributed by atoms with Gasteiger partial charge in [0.2, 0.25) is 5.76 Å². The Morgan fingerprint density at radius 2 is 1.58 bits per heavy atom. The molecule has 1 aliphatic rings. The normalized spacial score (nSPS) is 15.6. The van der Waals surface area contributed by atoms with Gasteiger partial charge in [-0.25, -0.2) is 9.59 Å². The second-order valence-corrected chi connectivity index (χ2v) is 10.3. The van der Waals surface area contributed by atoms with Crippen molar-refractivity contribution in [1.82, 2.24) is 4.90 Å². The maximum Gasteiger partial charge on any atom is 0.407 e. The molecule has 1 amide bonds. The molecule has 1 N–H and O–H groups in total. The van der Waals surface area contributed by atoms with Crippen LogP contribution in [0.1, 0.15) is 119 Å². The summed E-state index contributed by atoms with van der Waals surface area (Å²) in [6.45, 7) is 4.87. The first-order valence-corrected chi connectivity index (χ1v) is 14.5. The highest BCUT2D eigenvalue weighted by atomic mass is 16.6. The highest BCUT2D eigenvalue weighted by Crippen LogP contribution is 2.34. The van der Waals surface area contributed by atoms with Gasteiger partial charge in [0.25, 0.3) is 5.95 Å². The molecular weight excluding hydrogens is 482 g/mol. The summed E-state index contributed by atoms with van der Waals surface area (Å²) in [6.07, 6.45) is 14.3. The van der Waals surface area contributed by atoms with E-state index in [1.807, 2.05) is 24.3 Å². The van der Waals surface area contributed by atoms with Gasteiger partial charge in [0.05, 0.1) is 12.6 Å². The van der Waals surface area contributed by atoms with Crippen LogP contribution in [-0.4, -0.2) is 41.3 Å². The number of hydrogen-bond donors (Lipinski definition) is 1. The average Bonchev–Trinajstić information content (AvgIpc) is 3.39. The number of esters is 1. The zero-order chi connectivity index (χ0) is 27.2. The quantitative estimate of drug-likeness (QED) is 0.165. The number of carbonyl (C=O) groups excluding carboxylic acids is 1. The molecule has 3 rings (SSSR count). The number of rotatable bonds is 17. The van der Waals surface area contributed by atoms with Crippen LogP contribution >= 0.6 is 0 Å². The van der Waals surface area contributed by atoms with E-state index in [9.17, 15) is 14.7 Å². The van der Waals surface area contributed by atoms with Gasteiger partial charge in [0, 0.05) is 12.6 Å². The minimum atomic E-state index is -1.03. The number of carbonyl (C=O) groups is 2. The number of ether oxygens (including phenoxy) is 2.